The van der Waals surface area contributed by atoms with E-state index >= 15 is 0 Å². The number of ether oxygens (including phenoxy) is 2. The van der Waals surface area contributed by atoms with Gasteiger partial charge in [-0.2, -0.15) is 5.26 Å². The van der Waals surface area contributed by atoms with E-state index in [9.17, 15) is 4.79 Å². The van der Waals surface area contributed by atoms with Crippen LogP contribution in [0.5, 0.6) is 11.5 Å². The summed E-state index contributed by atoms with van der Waals surface area (Å²) in [7, 11) is 0. The smallest absolute Gasteiger partial charge is 0.341 e. The third-order valence-corrected chi connectivity index (χ3v) is 4.92. The molecular formula is C21H29NO4. The van der Waals surface area contributed by atoms with Crippen LogP contribution in [0.25, 0.3) is 0 Å². The average Bonchev–Trinajstić information content (AvgIpc) is 2.62. The van der Waals surface area contributed by atoms with Gasteiger partial charge in [-0.15, -0.1) is 0 Å². The van der Waals surface area contributed by atoms with Crippen molar-refractivity contribution < 1.29 is 19.4 Å². The molecule has 1 heterocycles. The van der Waals surface area contributed by atoms with Crippen LogP contribution in [0.1, 0.15) is 70.3 Å². The number of carboxylic acids is 1. The lowest BCUT2D eigenvalue weighted by atomic mass is 9.88. The summed E-state index contributed by atoms with van der Waals surface area (Å²) in [4.78, 5) is 10.6. The molecule has 0 saturated carbocycles. The average molecular weight is 359 g/mol. The fourth-order valence-electron chi connectivity index (χ4n) is 3.39. The number of benzene rings is 1. The fraction of sp³-hybridized carbons (Fsp3) is 0.619. The Hall–Kier alpha value is -2.22. The van der Waals surface area contributed by atoms with Crippen LogP contribution >= 0.6 is 0 Å². The molecule has 1 N–H and O–H groups in total. The maximum atomic E-state index is 10.6. The summed E-state index contributed by atoms with van der Waals surface area (Å²) in [6, 6.07) is 7.74. The second-order valence-electron chi connectivity index (χ2n) is 7.28. The summed E-state index contributed by atoms with van der Waals surface area (Å²) in [5.41, 5.74) is 0.958. The van der Waals surface area contributed by atoms with Gasteiger partial charge in [-0.05, 0) is 62.8 Å². The Morgan fingerprint density at radius 3 is 2.73 bits per heavy atom. The van der Waals surface area contributed by atoms with Crippen molar-refractivity contribution in [2.24, 2.45) is 0 Å². The molecule has 2 rings (SSSR count). The van der Waals surface area contributed by atoms with Crippen LogP contribution in [-0.2, 0) is 11.2 Å². The first kappa shape index (κ1) is 20.1. The highest BCUT2D eigenvalue weighted by Crippen LogP contribution is 2.37. The zero-order valence-electron chi connectivity index (χ0n) is 15.6. The highest BCUT2D eigenvalue weighted by atomic mass is 16.5. The standard InChI is InChI=1S/C21H29NO4/c1-21(12-7-5-3-2-4-6-8-14-22)13-11-17-15-18(25-16-20(23)24)9-10-19(17)26-21/h9-10,15H,2-8,11-13,16H2,1H3,(H,23,24). The van der Waals surface area contributed by atoms with Gasteiger partial charge in [0.1, 0.15) is 17.1 Å². The van der Waals surface area contributed by atoms with E-state index < -0.39 is 5.97 Å². The van der Waals surface area contributed by atoms with Crippen molar-refractivity contribution >= 4 is 5.97 Å². The molecule has 5 nitrogen and oxygen atoms in total. The predicted octanol–water partition coefficient (Wildman–Crippen LogP) is 4.88. The third kappa shape index (κ3) is 6.59. The van der Waals surface area contributed by atoms with Gasteiger partial charge >= 0.3 is 5.97 Å². The Kier molecular flexibility index (Phi) is 7.77. The molecule has 5 heteroatoms. The van der Waals surface area contributed by atoms with Crippen molar-refractivity contribution in [2.45, 2.75) is 76.7 Å². The Labute approximate surface area is 155 Å². The summed E-state index contributed by atoms with van der Waals surface area (Å²) in [6.07, 6.45) is 10.6. The van der Waals surface area contributed by atoms with Gasteiger partial charge in [-0.1, -0.05) is 25.7 Å². The zero-order chi connectivity index (χ0) is 18.8. The molecule has 0 aliphatic carbocycles. The number of aliphatic carboxylic acids is 1. The first-order valence-corrected chi connectivity index (χ1v) is 9.56. The van der Waals surface area contributed by atoms with Crippen molar-refractivity contribution in [3.05, 3.63) is 23.8 Å². The number of nitriles is 1. The molecule has 1 aliphatic rings. The Morgan fingerprint density at radius 1 is 1.27 bits per heavy atom. The molecule has 0 radical (unpaired) electrons. The van der Waals surface area contributed by atoms with E-state index in [1.54, 1.807) is 6.07 Å². The molecular weight excluding hydrogens is 330 g/mol. The van der Waals surface area contributed by atoms with Gasteiger partial charge in [0.05, 0.1) is 6.07 Å². The molecule has 0 fully saturated rings. The number of unbranched alkanes of at least 4 members (excludes halogenated alkanes) is 6. The number of carboxylic acid groups (broad SMARTS) is 1. The van der Waals surface area contributed by atoms with Crippen LogP contribution in [0.3, 0.4) is 0 Å². The molecule has 0 aromatic heterocycles. The summed E-state index contributed by atoms with van der Waals surface area (Å²) >= 11 is 0. The molecule has 1 aliphatic heterocycles. The number of hydrogen-bond donors (Lipinski definition) is 1. The fourth-order valence-corrected chi connectivity index (χ4v) is 3.39. The number of fused-ring (bicyclic) bond motifs is 1. The van der Waals surface area contributed by atoms with Crippen LogP contribution in [0.4, 0.5) is 0 Å². The predicted molar refractivity (Wildman–Crippen MR) is 99.5 cm³/mol. The maximum Gasteiger partial charge on any atom is 0.341 e. The van der Waals surface area contributed by atoms with Crippen LogP contribution in [-0.4, -0.2) is 23.3 Å². The topological polar surface area (TPSA) is 79.5 Å². The lowest BCUT2D eigenvalue weighted by molar-refractivity contribution is -0.139. The van der Waals surface area contributed by atoms with Crippen molar-refractivity contribution in [3.8, 4) is 17.6 Å². The van der Waals surface area contributed by atoms with Gasteiger partial charge in [-0.3, -0.25) is 0 Å². The lowest BCUT2D eigenvalue weighted by Crippen LogP contribution is -2.36. The van der Waals surface area contributed by atoms with E-state index in [1.165, 1.54) is 19.3 Å². The number of carbonyl (C=O) groups is 1. The monoisotopic (exact) mass is 359 g/mol. The molecule has 26 heavy (non-hydrogen) atoms. The summed E-state index contributed by atoms with van der Waals surface area (Å²) in [5, 5.41) is 17.2. The highest BCUT2D eigenvalue weighted by Gasteiger charge is 2.31. The largest absolute Gasteiger partial charge is 0.487 e. The van der Waals surface area contributed by atoms with Gasteiger partial charge in [0.25, 0.3) is 0 Å². The number of rotatable bonds is 11. The number of hydrogen-bond acceptors (Lipinski definition) is 4. The highest BCUT2D eigenvalue weighted by molar-refractivity contribution is 5.68. The third-order valence-electron chi connectivity index (χ3n) is 4.92. The molecule has 0 saturated heterocycles. The van der Waals surface area contributed by atoms with Crippen molar-refractivity contribution in [2.75, 3.05) is 6.61 Å². The first-order chi connectivity index (χ1) is 12.5. The minimum absolute atomic E-state index is 0.128. The lowest BCUT2D eigenvalue weighted by Gasteiger charge is -2.36. The van der Waals surface area contributed by atoms with E-state index in [0.29, 0.717) is 12.2 Å². The van der Waals surface area contributed by atoms with Crippen LogP contribution in [0.2, 0.25) is 0 Å². The number of nitrogens with zero attached hydrogens (tertiary/aromatic N) is 1. The summed E-state index contributed by atoms with van der Waals surface area (Å²) in [6.45, 7) is 1.85. The molecule has 1 unspecified atom stereocenters. The van der Waals surface area contributed by atoms with Crippen LogP contribution in [0.15, 0.2) is 18.2 Å². The second-order valence-corrected chi connectivity index (χ2v) is 7.28. The van der Waals surface area contributed by atoms with Gasteiger partial charge in [-0.25, -0.2) is 4.79 Å². The van der Waals surface area contributed by atoms with Crippen molar-refractivity contribution in [1.82, 2.24) is 0 Å². The van der Waals surface area contributed by atoms with Gasteiger partial charge in [0.15, 0.2) is 6.61 Å². The molecule has 1 aromatic carbocycles. The first-order valence-electron chi connectivity index (χ1n) is 9.56. The Bertz CT molecular complexity index is 637. The SMILES string of the molecule is CC1(CCCCCCCCC#N)CCc2cc(OCC(=O)O)ccc2O1. The van der Waals surface area contributed by atoms with E-state index in [2.05, 4.69) is 13.0 Å². The molecule has 1 aromatic rings. The Balaban J connectivity index is 1.74. The molecule has 0 bridgehead atoms. The van der Waals surface area contributed by atoms with Crippen molar-refractivity contribution in [1.29, 1.82) is 5.26 Å². The minimum Gasteiger partial charge on any atom is -0.487 e. The van der Waals surface area contributed by atoms with Gasteiger partial charge in [0, 0.05) is 6.42 Å². The molecule has 0 spiro atoms. The van der Waals surface area contributed by atoms with Gasteiger partial charge in [0.2, 0.25) is 0 Å². The second kappa shape index (κ2) is 10.1. The van der Waals surface area contributed by atoms with Crippen LogP contribution in [0, 0.1) is 11.3 Å². The van der Waals surface area contributed by atoms with E-state index in [1.807, 2.05) is 12.1 Å². The van der Waals surface area contributed by atoms with E-state index in [-0.39, 0.29) is 12.2 Å². The summed E-state index contributed by atoms with van der Waals surface area (Å²) < 4.78 is 11.5. The Morgan fingerprint density at radius 2 is 2.00 bits per heavy atom. The summed E-state index contributed by atoms with van der Waals surface area (Å²) in [5.74, 6) is 0.490. The quantitative estimate of drug-likeness (QED) is 0.570. The van der Waals surface area contributed by atoms with Gasteiger partial charge < -0.3 is 14.6 Å². The zero-order valence-corrected chi connectivity index (χ0v) is 15.6. The normalized spacial score (nSPS) is 18.5. The van der Waals surface area contributed by atoms with E-state index in [0.717, 1.165) is 49.8 Å². The molecule has 0 amide bonds. The van der Waals surface area contributed by atoms with E-state index in [4.69, 9.17) is 19.8 Å². The molecule has 142 valence electrons. The number of aryl methyl sites for hydroxylation is 1. The maximum absolute atomic E-state index is 10.6. The van der Waals surface area contributed by atoms with Crippen molar-refractivity contribution in [3.63, 3.8) is 0 Å². The minimum atomic E-state index is -0.975. The van der Waals surface area contributed by atoms with Crippen LogP contribution < -0.4 is 9.47 Å². The molecule has 1 atom stereocenters.